The number of nitrogens with zero attached hydrogens (tertiary/aromatic N) is 2. The minimum Gasteiger partial charge on any atom is -0.469 e. The molecule has 2 amide bonds. The van der Waals surface area contributed by atoms with Crippen LogP contribution in [-0.4, -0.2) is 48.6 Å². The van der Waals surface area contributed by atoms with Crippen molar-refractivity contribution in [2.75, 3.05) is 26.7 Å². The summed E-state index contributed by atoms with van der Waals surface area (Å²) in [6.45, 7) is 3.97. The van der Waals surface area contributed by atoms with E-state index in [2.05, 4.69) is 10.3 Å². The molecule has 130 valence electrons. The summed E-state index contributed by atoms with van der Waals surface area (Å²) in [5.41, 5.74) is 2.08. The number of carbonyl (C=O) groups excluding carboxylic acids is 2. The molecule has 1 aliphatic heterocycles. The number of esters is 1. The molecule has 24 heavy (non-hydrogen) atoms. The number of piperidine rings is 1. The number of nitrogens with one attached hydrogen (secondary N) is 1. The van der Waals surface area contributed by atoms with Gasteiger partial charge in [-0.25, -0.2) is 4.79 Å². The number of urea groups is 1. The Morgan fingerprint density at radius 3 is 2.79 bits per heavy atom. The van der Waals surface area contributed by atoms with Gasteiger partial charge in [-0.05, 0) is 43.7 Å². The van der Waals surface area contributed by atoms with Gasteiger partial charge in [-0.2, -0.15) is 0 Å². The zero-order chi connectivity index (χ0) is 17.2. The average molecular weight is 331 g/mol. The second-order valence-electron chi connectivity index (χ2n) is 6.88. The maximum atomic E-state index is 12.3. The zero-order valence-electron chi connectivity index (χ0n) is 14.4. The van der Waals surface area contributed by atoms with Crippen LogP contribution in [0.5, 0.6) is 0 Å². The van der Waals surface area contributed by atoms with Crippen LogP contribution in [0.3, 0.4) is 0 Å². The lowest BCUT2D eigenvalue weighted by Gasteiger charge is -2.32. The van der Waals surface area contributed by atoms with E-state index in [0.717, 1.165) is 37.1 Å². The molecule has 6 heteroatoms. The van der Waals surface area contributed by atoms with Gasteiger partial charge < -0.3 is 15.0 Å². The molecule has 1 aliphatic carbocycles. The van der Waals surface area contributed by atoms with Gasteiger partial charge in [0.05, 0.1) is 13.0 Å². The Morgan fingerprint density at radius 2 is 2.12 bits per heavy atom. The molecule has 2 aliphatic rings. The first-order valence-corrected chi connectivity index (χ1v) is 8.57. The Morgan fingerprint density at radius 1 is 1.38 bits per heavy atom. The first-order valence-electron chi connectivity index (χ1n) is 8.57. The topological polar surface area (TPSA) is 71.5 Å². The largest absolute Gasteiger partial charge is 0.469 e. The van der Waals surface area contributed by atoms with Crippen molar-refractivity contribution in [3.63, 3.8) is 0 Å². The Hall–Kier alpha value is -2.11. The van der Waals surface area contributed by atoms with E-state index in [4.69, 9.17) is 4.74 Å². The summed E-state index contributed by atoms with van der Waals surface area (Å²) in [5, 5.41) is 2.97. The monoisotopic (exact) mass is 331 g/mol. The molecule has 1 atom stereocenters. The molecule has 3 rings (SSSR count). The molecule has 1 saturated carbocycles. The van der Waals surface area contributed by atoms with Gasteiger partial charge in [0.1, 0.15) is 0 Å². The van der Waals surface area contributed by atoms with E-state index >= 15 is 0 Å². The minimum absolute atomic E-state index is 0.0206. The van der Waals surface area contributed by atoms with E-state index < -0.39 is 0 Å². The number of amides is 2. The molecule has 1 aromatic rings. The number of aromatic nitrogens is 1. The van der Waals surface area contributed by atoms with Gasteiger partial charge in [-0.15, -0.1) is 0 Å². The number of hydrogen-bond acceptors (Lipinski definition) is 4. The smallest absolute Gasteiger partial charge is 0.317 e. The maximum Gasteiger partial charge on any atom is 0.317 e. The van der Waals surface area contributed by atoms with Crippen LogP contribution >= 0.6 is 0 Å². The van der Waals surface area contributed by atoms with Gasteiger partial charge in [0, 0.05) is 37.4 Å². The predicted molar refractivity (Wildman–Crippen MR) is 89.4 cm³/mol. The van der Waals surface area contributed by atoms with Crippen molar-refractivity contribution in [1.29, 1.82) is 0 Å². The summed E-state index contributed by atoms with van der Waals surface area (Å²) in [6, 6.07) is 5.90. The summed E-state index contributed by atoms with van der Waals surface area (Å²) in [6.07, 6.45) is 3.42. The number of hydrogen-bond donors (Lipinski definition) is 1. The SMILES string of the molecule is COC(=O)[C@H]1CC12CCN(C(=O)NCCc1cccc(C)n1)CC2. The second kappa shape index (κ2) is 6.79. The maximum absolute atomic E-state index is 12.3. The van der Waals surface area contributed by atoms with E-state index in [9.17, 15) is 9.59 Å². The molecule has 1 saturated heterocycles. The standard InChI is InChI=1S/C18H25N3O3/c1-13-4-3-5-14(20-13)6-9-19-17(23)21-10-7-18(8-11-21)12-15(18)16(22)24-2/h3-5,15H,6-12H2,1-2H3,(H,19,23)/t15-/m1/s1. The van der Waals surface area contributed by atoms with Crippen molar-refractivity contribution >= 4 is 12.0 Å². The van der Waals surface area contributed by atoms with Crippen LogP contribution in [0.2, 0.25) is 0 Å². The number of ether oxygens (including phenoxy) is 1. The van der Waals surface area contributed by atoms with E-state index in [0.29, 0.717) is 19.6 Å². The number of rotatable bonds is 4. The molecule has 0 radical (unpaired) electrons. The highest BCUT2D eigenvalue weighted by atomic mass is 16.5. The highest BCUT2D eigenvalue weighted by Gasteiger charge is 2.59. The highest BCUT2D eigenvalue weighted by Crippen LogP contribution is 2.59. The van der Waals surface area contributed by atoms with E-state index in [-0.39, 0.29) is 23.3 Å². The summed E-state index contributed by atoms with van der Waals surface area (Å²) >= 11 is 0. The number of aryl methyl sites for hydroxylation is 1. The lowest BCUT2D eigenvalue weighted by atomic mass is 9.91. The van der Waals surface area contributed by atoms with Crippen molar-refractivity contribution in [3.05, 3.63) is 29.6 Å². The second-order valence-corrected chi connectivity index (χ2v) is 6.88. The predicted octanol–water partition coefficient (Wildman–Crippen LogP) is 1.92. The first kappa shape index (κ1) is 16.7. The third-order valence-corrected chi connectivity index (χ3v) is 5.33. The first-order chi connectivity index (χ1) is 11.5. The Labute approximate surface area is 142 Å². The summed E-state index contributed by atoms with van der Waals surface area (Å²) in [4.78, 5) is 30.2. The molecule has 1 spiro atoms. The number of likely N-dealkylation sites (tertiary alicyclic amines) is 1. The fraction of sp³-hybridized carbons (Fsp3) is 0.611. The van der Waals surface area contributed by atoms with Gasteiger partial charge in [0.25, 0.3) is 0 Å². The third kappa shape index (κ3) is 3.52. The molecule has 1 N–H and O–H groups in total. The van der Waals surface area contributed by atoms with Gasteiger partial charge in [0.15, 0.2) is 0 Å². The number of pyridine rings is 1. The molecule has 2 heterocycles. The quantitative estimate of drug-likeness (QED) is 0.856. The van der Waals surface area contributed by atoms with Crippen LogP contribution in [-0.2, 0) is 16.0 Å². The van der Waals surface area contributed by atoms with E-state index in [1.807, 2.05) is 30.0 Å². The fourth-order valence-corrected chi connectivity index (χ4v) is 3.68. The Bertz CT molecular complexity index is 624. The van der Waals surface area contributed by atoms with Crippen molar-refractivity contribution < 1.29 is 14.3 Å². The Balaban J connectivity index is 1.41. The van der Waals surface area contributed by atoms with E-state index in [1.165, 1.54) is 7.11 Å². The van der Waals surface area contributed by atoms with Crippen LogP contribution < -0.4 is 5.32 Å². The zero-order valence-corrected chi connectivity index (χ0v) is 14.4. The molecular weight excluding hydrogens is 306 g/mol. The molecular formula is C18H25N3O3. The summed E-state index contributed by atoms with van der Waals surface area (Å²) in [5.74, 6) is -0.0568. The van der Waals surface area contributed by atoms with Crippen LogP contribution in [0.25, 0.3) is 0 Å². The molecule has 0 unspecified atom stereocenters. The summed E-state index contributed by atoms with van der Waals surface area (Å²) in [7, 11) is 1.44. The van der Waals surface area contributed by atoms with Crippen LogP contribution in [0.4, 0.5) is 4.79 Å². The molecule has 2 fully saturated rings. The molecule has 1 aromatic heterocycles. The lowest BCUT2D eigenvalue weighted by molar-refractivity contribution is -0.143. The lowest BCUT2D eigenvalue weighted by Crippen LogP contribution is -2.45. The normalized spacial score (nSPS) is 21.4. The molecule has 0 aromatic carbocycles. The van der Waals surface area contributed by atoms with Gasteiger partial charge >= 0.3 is 12.0 Å². The molecule has 0 bridgehead atoms. The van der Waals surface area contributed by atoms with Crippen molar-refractivity contribution in [1.82, 2.24) is 15.2 Å². The molecule has 6 nitrogen and oxygen atoms in total. The third-order valence-electron chi connectivity index (χ3n) is 5.33. The summed E-state index contributed by atoms with van der Waals surface area (Å²) < 4.78 is 4.84. The van der Waals surface area contributed by atoms with Crippen LogP contribution in [0.15, 0.2) is 18.2 Å². The highest BCUT2D eigenvalue weighted by molar-refractivity contribution is 5.77. The average Bonchev–Trinajstić information content (AvgIpc) is 3.28. The van der Waals surface area contributed by atoms with Crippen molar-refractivity contribution in [2.45, 2.75) is 32.6 Å². The minimum atomic E-state index is -0.0986. The van der Waals surface area contributed by atoms with Gasteiger partial charge in [0.2, 0.25) is 0 Å². The van der Waals surface area contributed by atoms with Crippen molar-refractivity contribution in [3.8, 4) is 0 Å². The van der Waals surface area contributed by atoms with Gasteiger partial charge in [-0.3, -0.25) is 9.78 Å². The van der Waals surface area contributed by atoms with Crippen LogP contribution in [0, 0.1) is 18.3 Å². The van der Waals surface area contributed by atoms with Gasteiger partial charge in [-0.1, -0.05) is 6.07 Å². The number of methoxy groups -OCH3 is 1. The number of carbonyl (C=O) groups is 2. The fourth-order valence-electron chi connectivity index (χ4n) is 3.68. The Kier molecular flexibility index (Phi) is 4.73. The van der Waals surface area contributed by atoms with Crippen molar-refractivity contribution in [2.24, 2.45) is 11.3 Å². The van der Waals surface area contributed by atoms with Crippen LogP contribution in [0.1, 0.15) is 30.7 Å². The van der Waals surface area contributed by atoms with E-state index in [1.54, 1.807) is 0 Å².